The quantitative estimate of drug-likeness (QED) is 0.533. The van der Waals surface area contributed by atoms with Crippen LogP contribution in [0.4, 0.5) is 0 Å². The van der Waals surface area contributed by atoms with Gasteiger partial charge in [0.15, 0.2) is 5.60 Å². The van der Waals surface area contributed by atoms with E-state index in [1.165, 1.54) is 26.4 Å². The zero-order valence-electron chi connectivity index (χ0n) is 10.1. The summed E-state index contributed by atoms with van der Waals surface area (Å²) in [6.07, 6.45) is 6.91. The van der Waals surface area contributed by atoms with Gasteiger partial charge in [0.25, 0.3) is 0 Å². The lowest BCUT2D eigenvalue weighted by Gasteiger charge is -2.27. The standard InChI is InChI=1S/C13H20O3/c1-3-13(11(14)15-2)12(16-13)7-9-4-5-10(6-9)8-12/h9-10H,3-8H2,1-2H3/t9-,10+,12?,13?. The monoisotopic (exact) mass is 224 g/mol. The van der Waals surface area contributed by atoms with Crippen LogP contribution in [0.1, 0.15) is 45.4 Å². The van der Waals surface area contributed by atoms with E-state index in [1.54, 1.807) is 0 Å². The lowest BCUT2D eigenvalue weighted by Crippen LogP contribution is -2.38. The number of hydrogen-bond acceptors (Lipinski definition) is 3. The van der Waals surface area contributed by atoms with Crippen LogP contribution >= 0.6 is 0 Å². The van der Waals surface area contributed by atoms with E-state index in [0.717, 1.165) is 31.1 Å². The topological polar surface area (TPSA) is 38.8 Å². The van der Waals surface area contributed by atoms with E-state index in [0.29, 0.717) is 0 Å². The largest absolute Gasteiger partial charge is 0.467 e. The van der Waals surface area contributed by atoms with E-state index < -0.39 is 5.60 Å². The van der Waals surface area contributed by atoms with Crippen LogP contribution in [0.3, 0.4) is 0 Å². The fourth-order valence-corrected chi connectivity index (χ4v) is 4.22. The molecule has 0 aromatic heterocycles. The molecule has 3 aliphatic rings. The average molecular weight is 224 g/mol. The highest BCUT2D eigenvalue weighted by Crippen LogP contribution is 2.63. The summed E-state index contributed by atoms with van der Waals surface area (Å²) < 4.78 is 10.9. The highest BCUT2D eigenvalue weighted by molar-refractivity contribution is 5.84. The van der Waals surface area contributed by atoms with Crippen molar-refractivity contribution in [2.24, 2.45) is 11.8 Å². The molecule has 1 spiro atoms. The Hall–Kier alpha value is -0.570. The first-order valence-corrected chi connectivity index (χ1v) is 6.44. The predicted octanol–water partition coefficient (Wildman–Crippen LogP) is 2.29. The number of ether oxygens (including phenoxy) is 2. The molecule has 4 atom stereocenters. The van der Waals surface area contributed by atoms with Crippen molar-refractivity contribution < 1.29 is 14.3 Å². The maximum atomic E-state index is 11.9. The Labute approximate surface area is 96.5 Å². The summed E-state index contributed by atoms with van der Waals surface area (Å²) in [6, 6.07) is 0. The number of epoxide rings is 1. The molecule has 0 amide bonds. The van der Waals surface area contributed by atoms with Crippen LogP contribution in [-0.2, 0) is 14.3 Å². The fraction of sp³-hybridized carbons (Fsp3) is 0.923. The van der Waals surface area contributed by atoms with Crippen molar-refractivity contribution >= 4 is 5.97 Å². The van der Waals surface area contributed by atoms with Gasteiger partial charge in [-0.2, -0.15) is 0 Å². The van der Waals surface area contributed by atoms with E-state index in [2.05, 4.69) is 0 Å². The molecule has 3 heteroatoms. The van der Waals surface area contributed by atoms with Crippen molar-refractivity contribution in [1.82, 2.24) is 0 Å². The smallest absolute Gasteiger partial charge is 0.341 e. The summed E-state index contributed by atoms with van der Waals surface area (Å²) in [5, 5.41) is 0. The third-order valence-electron chi connectivity index (χ3n) is 4.96. The second-order valence-electron chi connectivity index (χ2n) is 5.72. The predicted molar refractivity (Wildman–Crippen MR) is 58.9 cm³/mol. The Kier molecular flexibility index (Phi) is 2.13. The average Bonchev–Trinajstić information content (AvgIpc) is 2.78. The minimum absolute atomic E-state index is 0.154. The van der Waals surface area contributed by atoms with Crippen LogP contribution in [0.2, 0.25) is 0 Å². The molecule has 16 heavy (non-hydrogen) atoms. The molecular formula is C13H20O3. The molecule has 2 aliphatic carbocycles. The first-order valence-electron chi connectivity index (χ1n) is 6.44. The third-order valence-corrected chi connectivity index (χ3v) is 4.96. The summed E-state index contributed by atoms with van der Waals surface area (Å²) in [6.45, 7) is 2.03. The van der Waals surface area contributed by atoms with E-state index in [1.807, 2.05) is 6.92 Å². The third kappa shape index (κ3) is 1.15. The Balaban J connectivity index is 1.84. The van der Waals surface area contributed by atoms with Crippen molar-refractivity contribution in [2.75, 3.05) is 7.11 Å². The minimum Gasteiger partial charge on any atom is -0.467 e. The van der Waals surface area contributed by atoms with Gasteiger partial charge in [0, 0.05) is 0 Å². The lowest BCUT2D eigenvalue weighted by atomic mass is 9.73. The van der Waals surface area contributed by atoms with Crippen molar-refractivity contribution in [3.8, 4) is 0 Å². The molecule has 3 rings (SSSR count). The van der Waals surface area contributed by atoms with Crippen LogP contribution in [0, 0.1) is 11.8 Å². The van der Waals surface area contributed by atoms with E-state index in [9.17, 15) is 4.79 Å². The van der Waals surface area contributed by atoms with Gasteiger partial charge < -0.3 is 9.47 Å². The van der Waals surface area contributed by atoms with Gasteiger partial charge in [-0.05, 0) is 37.5 Å². The first kappa shape index (κ1) is 10.6. The van der Waals surface area contributed by atoms with Crippen molar-refractivity contribution in [1.29, 1.82) is 0 Å². The summed E-state index contributed by atoms with van der Waals surface area (Å²) >= 11 is 0. The van der Waals surface area contributed by atoms with Crippen LogP contribution in [-0.4, -0.2) is 24.3 Å². The molecule has 2 bridgehead atoms. The number of carbonyl (C=O) groups excluding carboxylic acids is 1. The van der Waals surface area contributed by atoms with Gasteiger partial charge >= 0.3 is 5.97 Å². The van der Waals surface area contributed by atoms with Gasteiger partial charge in [0.1, 0.15) is 5.60 Å². The van der Waals surface area contributed by atoms with Crippen LogP contribution in [0.15, 0.2) is 0 Å². The molecule has 2 saturated carbocycles. The van der Waals surface area contributed by atoms with Crippen molar-refractivity contribution in [2.45, 2.75) is 56.7 Å². The second kappa shape index (κ2) is 3.22. The minimum atomic E-state index is -0.594. The van der Waals surface area contributed by atoms with Crippen molar-refractivity contribution in [3.63, 3.8) is 0 Å². The highest BCUT2D eigenvalue weighted by Gasteiger charge is 2.75. The number of methoxy groups -OCH3 is 1. The number of fused-ring (bicyclic) bond motifs is 2. The molecule has 2 unspecified atom stereocenters. The van der Waals surface area contributed by atoms with Gasteiger partial charge in [0.05, 0.1) is 7.11 Å². The van der Waals surface area contributed by atoms with E-state index in [4.69, 9.17) is 9.47 Å². The molecular weight excluding hydrogens is 204 g/mol. The summed E-state index contributed by atoms with van der Waals surface area (Å²) in [4.78, 5) is 11.9. The van der Waals surface area contributed by atoms with Gasteiger partial charge in [-0.15, -0.1) is 0 Å². The molecule has 1 saturated heterocycles. The first-order chi connectivity index (χ1) is 7.66. The zero-order valence-corrected chi connectivity index (χ0v) is 10.1. The highest BCUT2D eigenvalue weighted by atomic mass is 16.7. The molecule has 90 valence electrons. The molecule has 3 nitrogen and oxygen atoms in total. The Morgan fingerprint density at radius 1 is 1.38 bits per heavy atom. The fourth-order valence-electron chi connectivity index (χ4n) is 4.22. The molecule has 0 radical (unpaired) electrons. The molecule has 0 N–H and O–H groups in total. The molecule has 3 fully saturated rings. The van der Waals surface area contributed by atoms with Gasteiger partial charge in [-0.1, -0.05) is 19.8 Å². The SMILES string of the molecule is CCC1(C(=O)OC)OC12C[C@@H]1CC[C@@H](C1)C2. The Morgan fingerprint density at radius 2 is 2.00 bits per heavy atom. The van der Waals surface area contributed by atoms with Gasteiger partial charge in [-0.3, -0.25) is 0 Å². The number of esters is 1. The normalized spacial score (nSPS) is 49.4. The van der Waals surface area contributed by atoms with Crippen LogP contribution in [0.5, 0.6) is 0 Å². The van der Waals surface area contributed by atoms with Gasteiger partial charge in [-0.25, -0.2) is 4.79 Å². The molecule has 0 aromatic carbocycles. The van der Waals surface area contributed by atoms with E-state index in [-0.39, 0.29) is 11.6 Å². The second-order valence-corrected chi connectivity index (χ2v) is 5.72. The number of hydrogen-bond donors (Lipinski definition) is 0. The van der Waals surface area contributed by atoms with Crippen LogP contribution in [0.25, 0.3) is 0 Å². The summed E-state index contributed by atoms with van der Waals surface area (Å²) in [7, 11) is 1.46. The van der Waals surface area contributed by atoms with Crippen LogP contribution < -0.4 is 0 Å². The lowest BCUT2D eigenvalue weighted by molar-refractivity contribution is -0.147. The maximum absolute atomic E-state index is 11.9. The Morgan fingerprint density at radius 3 is 2.50 bits per heavy atom. The summed E-state index contributed by atoms with van der Waals surface area (Å²) in [5.74, 6) is 1.42. The molecule has 1 aliphatic heterocycles. The summed E-state index contributed by atoms with van der Waals surface area (Å²) in [5.41, 5.74) is -0.748. The number of rotatable bonds is 2. The van der Waals surface area contributed by atoms with Crippen molar-refractivity contribution in [3.05, 3.63) is 0 Å². The van der Waals surface area contributed by atoms with E-state index >= 15 is 0 Å². The molecule has 0 aromatic rings. The Bertz CT molecular complexity index is 313. The zero-order chi connectivity index (χ0) is 11.4. The van der Waals surface area contributed by atoms with Gasteiger partial charge in [0.2, 0.25) is 0 Å². The maximum Gasteiger partial charge on any atom is 0.341 e. The molecule has 1 heterocycles. The number of carbonyl (C=O) groups is 1.